The average Bonchev–Trinajstić information content (AvgIpc) is 2.76. The highest BCUT2D eigenvalue weighted by molar-refractivity contribution is 9.09. The van der Waals surface area contributed by atoms with Gasteiger partial charge in [-0.05, 0) is 13.3 Å². The molecule has 0 aliphatic carbocycles. The molecule has 0 N–H and O–H groups in total. The van der Waals surface area contributed by atoms with E-state index in [9.17, 15) is 4.79 Å². The molecule has 2 unspecified atom stereocenters. The summed E-state index contributed by atoms with van der Waals surface area (Å²) in [6.45, 7) is 2.78. The second kappa shape index (κ2) is 3.92. The van der Waals surface area contributed by atoms with E-state index in [0.29, 0.717) is 0 Å². The van der Waals surface area contributed by atoms with Crippen molar-refractivity contribution in [3.8, 4) is 0 Å². The Morgan fingerprint density at radius 2 is 2.40 bits per heavy atom. The molecular formula is C9H13BrN4O. The second-order valence-electron chi connectivity index (χ2n) is 3.80. The summed E-state index contributed by atoms with van der Waals surface area (Å²) < 4.78 is 1.67. The van der Waals surface area contributed by atoms with Crippen LogP contribution in [-0.4, -0.2) is 39.4 Å². The van der Waals surface area contributed by atoms with E-state index >= 15 is 0 Å². The van der Waals surface area contributed by atoms with E-state index in [2.05, 4.69) is 26.2 Å². The van der Waals surface area contributed by atoms with Gasteiger partial charge in [-0.15, -0.1) is 5.10 Å². The number of rotatable bonds is 2. The zero-order valence-electron chi connectivity index (χ0n) is 8.72. The predicted molar refractivity (Wildman–Crippen MR) is 58.7 cm³/mol. The van der Waals surface area contributed by atoms with Crippen LogP contribution < -0.4 is 0 Å². The maximum absolute atomic E-state index is 11.7. The second-order valence-corrected chi connectivity index (χ2v) is 5.18. The van der Waals surface area contributed by atoms with Crippen molar-refractivity contribution in [2.45, 2.75) is 24.2 Å². The summed E-state index contributed by atoms with van der Waals surface area (Å²) in [7, 11) is 1.81. The summed E-state index contributed by atoms with van der Waals surface area (Å²) >= 11 is 3.42. The lowest BCUT2D eigenvalue weighted by Crippen LogP contribution is -2.24. The Hall–Kier alpha value is -0.910. The van der Waals surface area contributed by atoms with Gasteiger partial charge in [0.15, 0.2) is 0 Å². The zero-order valence-corrected chi connectivity index (χ0v) is 10.3. The van der Waals surface area contributed by atoms with Crippen molar-refractivity contribution in [3.05, 3.63) is 11.9 Å². The number of alkyl halides is 1. The van der Waals surface area contributed by atoms with Gasteiger partial charge in [-0.3, -0.25) is 4.79 Å². The first-order valence-electron chi connectivity index (χ1n) is 4.90. The summed E-state index contributed by atoms with van der Waals surface area (Å²) in [5, 5.41) is 8.01. The van der Waals surface area contributed by atoms with Crippen LogP contribution in [0.2, 0.25) is 0 Å². The molecule has 15 heavy (non-hydrogen) atoms. The molecule has 6 heteroatoms. The van der Waals surface area contributed by atoms with Crippen LogP contribution in [0.1, 0.15) is 29.9 Å². The number of nitrogens with zero attached hydrogens (tertiary/aromatic N) is 4. The number of hydrogen-bond acceptors (Lipinski definition) is 3. The SMILES string of the molecule is CC(Br)c1cn(C2CCN(C)C2=O)nn1. The summed E-state index contributed by atoms with van der Waals surface area (Å²) in [4.78, 5) is 13.6. The average molecular weight is 273 g/mol. The highest BCUT2D eigenvalue weighted by atomic mass is 79.9. The number of hydrogen-bond donors (Lipinski definition) is 0. The normalized spacial score (nSPS) is 23.5. The number of halogens is 1. The molecule has 2 atom stereocenters. The molecule has 2 heterocycles. The van der Waals surface area contributed by atoms with Gasteiger partial charge in [-0.1, -0.05) is 21.1 Å². The van der Waals surface area contributed by atoms with Gasteiger partial charge in [0.2, 0.25) is 5.91 Å². The van der Waals surface area contributed by atoms with Crippen LogP contribution >= 0.6 is 15.9 Å². The number of likely N-dealkylation sites (tertiary alicyclic amines) is 1. The molecule has 1 aliphatic rings. The Morgan fingerprint density at radius 1 is 1.67 bits per heavy atom. The van der Waals surface area contributed by atoms with Gasteiger partial charge in [0, 0.05) is 13.6 Å². The van der Waals surface area contributed by atoms with E-state index < -0.39 is 0 Å². The van der Waals surface area contributed by atoms with E-state index in [1.807, 2.05) is 20.2 Å². The highest BCUT2D eigenvalue weighted by Gasteiger charge is 2.31. The van der Waals surface area contributed by atoms with Crippen molar-refractivity contribution in [2.24, 2.45) is 0 Å². The van der Waals surface area contributed by atoms with Gasteiger partial charge in [0.1, 0.15) is 6.04 Å². The van der Waals surface area contributed by atoms with E-state index in [0.717, 1.165) is 18.7 Å². The topological polar surface area (TPSA) is 51.0 Å². The Labute approximate surface area is 96.6 Å². The molecule has 0 bridgehead atoms. The molecule has 1 fully saturated rings. The molecule has 1 aliphatic heterocycles. The van der Waals surface area contributed by atoms with Crippen molar-refractivity contribution in [1.29, 1.82) is 0 Å². The molecule has 82 valence electrons. The van der Waals surface area contributed by atoms with Crippen molar-refractivity contribution in [2.75, 3.05) is 13.6 Å². The van der Waals surface area contributed by atoms with Gasteiger partial charge in [-0.2, -0.15) is 0 Å². The van der Waals surface area contributed by atoms with Gasteiger partial charge in [-0.25, -0.2) is 4.68 Å². The molecule has 1 aromatic rings. The van der Waals surface area contributed by atoms with Crippen LogP contribution in [0, 0.1) is 0 Å². The Bertz CT molecular complexity index is 376. The number of amides is 1. The molecule has 0 aromatic carbocycles. The fourth-order valence-corrected chi connectivity index (χ4v) is 1.88. The monoisotopic (exact) mass is 272 g/mol. The third-order valence-electron chi connectivity index (χ3n) is 2.65. The number of carbonyl (C=O) groups excluding carboxylic acids is 1. The molecule has 0 radical (unpaired) electrons. The van der Waals surface area contributed by atoms with E-state index in [-0.39, 0.29) is 16.8 Å². The van der Waals surface area contributed by atoms with Gasteiger partial charge < -0.3 is 4.90 Å². The number of carbonyl (C=O) groups is 1. The predicted octanol–water partition coefficient (Wildman–Crippen LogP) is 1.14. The lowest BCUT2D eigenvalue weighted by Gasteiger charge is -2.09. The Morgan fingerprint density at radius 3 is 2.87 bits per heavy atom. The Kier molecular flexibility index (Phi) is 2.77. The summed E-state index contributed by atoms with van der Waals surface area (Å²) in [5.41, 5.74) is 0.859. The van der Waals surface area contributed by atoms with Crippen LogP contribution in [0.15, 0.2) is 6.20 Å². The summed E-state index contributed by atoms with van der Waals surface area (Å²) in [5.74, 6) is 0.119. The van der Waals surface area contributed by atoms with E-state index in [4.69, 9.17) is 0 Å². The quantitative estimate of drug-likeness (QED) is 0.759. The molecule has 2 rings (SSSR count). The summed E-state index contributed by atoms with van der Waals surface area (Å²) in [6, 6.07) is -0.164. The lowest BCUT2D eigenvalue weighted by atomic mass is 10.2. The van der Waals surface area contributed by atoms with Gasteiger partial charge in [0.05, 0.1) is 16.7 Å². The first kappa shape index (κ1) is 10.6. The molecule has 0 spiro atoms. The van der Waals surface area contributed by atoms with Gasteiger partial charge in [0.25, 0.3) is 0 Å². The van der Waals surface area contributed by atoms with Gasteiger partial charge >= 0.3 is 0 Å². The molecular weight excluding hydrogens is 260 g/mol. The Balaban J connectivity index is 2.20. The lowest BCUT2D eigenvalue weighted by molar-refractivity contribution is -0.129. The van der Waals surface area contributed by atoms with Crippen molar-refractivity contribution < 1.29 is 4.79 Å². The van der Waals surface area contributed by atoms with E-state index in [1.165, 1.54) is 0 Å². The first-order chi connectivity index (χ1) is 7.09. The third-order valence-corrected chi connectivity index (χ3v) is 3.12. The fraction of sp³-hybridized carbons (Fsp3) is 0.667. The standard InChI is InChI=1S/C9H13BrN4O/c1-6(10)7-5-14(12-11-7)8-3-4-13(2)9(8)15/h5-6,8H,3-4H2,1-2H3. The summed E-state index contributed by atoms with van der Waals surface area (Å²) in [6.07, 6.45) is 2.65. The maximum atomic E-state index is 11.7. The number of aromatic nitrogens is 3. The largest absolute Gasteiger partial charge is 0.344 e. The molecule has 1 amide bonds. The number of likely N-dealkylation sites (N-methyl/N-ethyl adjacent to an activating group) is 1. The third kappa shape index (κ3) is 1.90. The fourth-order valence-electron chi connectivity index (χ4n) is 1.67. The van der Waals surface area contributed by atoms with Crippen LogP contribution in [0.4, 0.5) is 0 Å². The first-order valence-corrected chi connectivity index (χ1v) is 5.82. The van der Waals surface area contributed by atoms with Crippen molar-refractivity contribution in [1.82, 2.24) is 19.9 Å². The minimum Gasteiger partial charge on any atom is -0.344 e. The van der Waals surface area contributed by atoms with Crippen LogP contribution in [0.3, 0.4) is 0 Å². The van der Waals surface area contributed by atoms with E-state index in [1.54, 1.807) is 9.58 Å². The minimum atomic E-state index is -0.164. The van der Waals surface area contributed by atoms with Crippen molar-refractivity contribution >= 4 is 21.8 Å². The van der Waals surface area contributed by atoms with Crippen LogP contribution in [0.25, 0.3) is 0 Å². The highest BCUT2D eigenvalue weighted by Crippen LogP contribution is 2.24. The van der Waals surface area contributed by atoms with Crippen LogP contribution in [-0.2, 0) is 4.79 Å². The smallest absolute Gasteiger partial charge is 0.247 e. The minimum absolute atomic E-state index is 0.119. The molecule has 1 saturated heterocycles. The zero-order chi connectivity index (χ0) is 11.0. The van der Waals surface area contributed by atoms with Crippen LogP contribution in [0.5, 0.6) is 0 Å². The van der Waals surface area contributed by atoms with Crippen molar-refractivity contribution in [3.63, 3.8) is 0 Å². The molecule has 0 saturated carbocycles. The maximum Gasteiger partial charge on any atom is 0.247 e. The molecule has 1 aromatic heterocycles. The molecule has 5 nitrogen and oxygen atoms in total.